The Hall–Kier alpha value is -1.60. The maximum atomic E-state index is 10.4. The van der Waals surface area contributed by atoms with Crippen molar-refractivity contribution in [3.63, 3.8) is 0 Å². The van der Waals surface area contributed by atoms with Crippen LogP contribution >= 0.6 is 0 Å². The molecular weight excluding hydrogens is 280 g/mol. The van der Waals surface area contributed by atoms with Crippen LogP contribution in [-0.2, 0) is 5.60 Å². The Labute approximate surface area is 140 Å². The van der Waals surface area contributed by atoms with Crippen LogP contribution in [0.1, 0.15) is 74.6 Å². The molecule has 0 heterocycles. The normalized spacial score (nSPS) is 15.3. The Morgan fingerprint density at radius 1 is 1.04 bits per heavy atom. The van der Waals surface area contributed by atoms with Crippen LogP contribution in [0, 0.1) is 6.92 Å². The van der Waals surface area contributed by atoms with Gasteiger partial charge in [0.15, 0.2) is 0 Å². The van der Waals surface area contributed by atoms with Crippen LogP contribution in [0.4, 0.5) is 0 Å². The Balaban J connectivity index is 2.12. The molecule has 1 aliphatic rings. The minimum atomic E-state index is -0.813. The second-order valence-electron chi connectivity index (χ2n) is 7.92. The van der Waals surface area contributed by atoms with E-state index < -0.39 is 5.60 Å². The van der Waals surface area contributed by atoms with Crippen molar-refractivity contribution in [1.29, 1.82) is 0 Å². The summed E-state index contributed by atoms with van der Waals surface area (Å²) in [6.07, 6.45) is 2.67. The van der Waals surface area contributed by atoms with E-state index >= 15 is 0 Å². The molecule has 1 nitrogen and oxygen atoms in total. The molecule has 0 saturated heterocycles. The van der Waals surface area contributed by atoms with Crippen molar-refractivity contribution in [3.05, 3.63) is 58.7 Å². The van der Waals surface area contributed by atoms with Gasteiger partial charge in [-0.05, 0) is 79.3 Å². The zero-order valence-electron chi connectivity index (χ0n) is 15.0. The molecule has 1 fully saturated rings. The molecule has 0 amide bonds. The van der Waals surface area contributed by atoms with Gasteiger partial charge in [-0.3, -0.25) is 0 Å². The first-order valence-corrected chi connectivity index (χ1v) is 8.74. The smallest absolute Gasteiger partial charge is 0.0840 e. The molecule has 122 valence electrons. The Morgan fingerprint density at radius 2 is 1.74 bits per heavy atom. The van der Waals surface area contributed by atoms with Crippen LogP contribution in [-0.4, -0.2) is 5.11 Å². The molecule has 0 unspecified atom stereocenters. The highest BCUT2D eigenvalue weighted by molar-refractivity contribution is 5.70. The second kappa shape index (κ2) is 5.79. The van der Waals surface area contributed by atoms with E-state index in [1.54, 1.807) is 0 Å². The lowest BCUT2D eigenvalue weighted by Gasteiger charge is -2.21. The quantitative estimate of drug-likeness (QED) is 0.746. The molecular formula is C22H28O. The van der Waals surface area contributed by atoms with Crippen molar-refractivity contribution < 1.29 is 5.11 Å². The molecule has 23 heavy (non-hydrogen) atoms. The summed E-state index contributed by atoms with van der Waals surface area (Å²) in [7, 11) is 0. The maximum absolute atomic E-state index is 10.4. The van der Waals surface area contributed by atoms with Gasteiger partial charge in [-0.15, -0.1) is 0 Å². The Morgan fingerprint density at radius 3 is 2.30 bits per heavy atom. The molecule has 0 aliphatic heterocycles. The summed E-state index contributed by atoms with van der Waals surface area (Å²) < 4.78 is 0. The molecule has 0 bridgehead atoms. The zero-order valence-corrected chi connectivity index (χ0v) is 15.0. The van der Waals surface area contributed by atoms with Gasteiger partial charge in [0, 0.05) is 0 Å². The highest BCUT2D eigenvalue weighted by Crippen LogP contribution is 2.42. The van der Waals surface area contributed by atoms with E-state index in [0.29, 0.717) is 5.92 Å². The first kappa shape index (κ1) is 16.3. The van der Waals surface area contributed by atoms with Gasteiger partial charge in [0.05, 0.1) is 5.60 Å². The van der Waals surface area contributed by atoms with E-state index in [2.05, 4.69) is 57.2 Å². The summed E-state index contributed by atoms with van der Waals surface area (Å²) >= 11 is 0. The van der Waals surface area contributed by atoms with E-state index in [4.69, 9.17) is 0 Å². The van der Waals surface area contributed by atoms with Crippen LogP contribution in [0.5, 0.6) is 0 Å². The van der Waals surface area contributed by atoms with Crippen LogP contribution in [0.25, 0.3) is 11.1 Å². The molecule has 0 atom stereocenters. The van der Waals surface area contributed by atoms with Gasteiger partial charge in [-0.2, -0.15) is 0 Å². The van der Waals surface area contributed by atoms with Gasteiger partial charge in [-0.25, -0.2) is 0 Å². The lowest BCUT2D eigenvalue weighted by molar-refractivity contribution is 0.0786. The maximum Gasteiger partial charge on any atom is 0.0840 e. The first-order valence-electron chi connectivity index (χ1n) is 8.74. The topological polar surface area (TPSA) is 20.2 Å². The summed E-state index contributed by atoms with van der Waals surface area (Å²) in [6, 6.07) is 13.4. The average molecular weight is 308 g/mol. The molecule has 1 N–H and O–H groups in total. The van der Waals surface area contributed by atoms with Crippen LogP contribution in [0.15, 0.2) is 36.4 Å². The van der Waals surface area contributed by atoms with Gasteiger partial charge in [0.25, 0.3) is 0 Å². The number of hydrogen-bond donors (Lipinski definition) is 1. The lowest BCUT2D eigenvalue weighted by Crippen LogP contribution is -2.15. The lowest BCUT2D eigenvalue weighted by atomic mass is 9.87. The fourth-order valence-electron chi connectivity index (χ4n) is 3.28. The minimum absolute atomic E-state index is 0.495. The largest absolute Gasteiger partial charge is 0.386 e. The zero-order chi connectivity index (χ0) is 16.8. The van der Waals surface area contributed by atoms with Crippen molar-refractivity contribution in [2.75, 3.05) is 0 Å². The molecule has 0 spiro atoms. The van der Waals surface area contributed by atoms with E-state index in [1.165, 1.54) is 40.7 Å². The van der Waals surface area contributed by atoms with Gasteiger partial charge < -0.3 is 5.11 Å². The molecule has 0 aromatic heterocycles. The van der Waals surface area contributed by atoms with Crippen LogP contribution in [0.2, 0.25) is 0 Å². The minimum Gasteiger partial charge on any atom is -0.386 e. The van der Waals surface area contributed by atoms with E-state index in [0.717, 1.165) is 11.5 Å². The third-order valence-electron chi connectivity index (χ3n) is 4.84. The van der Waals surface area contributed by atoms with E-state index in [-0.39, 0.29) is 0 Å². The third-order valence-corrected chi connectivity index (χ3v) is 4.84. The summed E-state index contributed by atoms with van der Waals surface area (Å²) in [5, 5.41) is 10.4. The molecule has 3 rings (SSSR count). The molecule has 1 heteroatoms. The number of rotatable bonds is 4. The fourth-order valence-corrected chi connectivity index (χ4v) is 3.28. The van der Waals surface area contributed by atoms with Crippen LogP contribution < -0.4 is 0 Å². The Bertz CT molecular complexity index is 715. The summed E-state index contributed by atoms with van der Waals surface area (Å²) in [5.74, 6) is 1.28. The SMILES string of the molecule is Cc1cc(-c2ccc(C3CC3)cc2C(C)C)cc(C(C)(C)O)c1. The standard InChI is InChI=1S/C22H28O/c1-14(2)21-13-17(16-6-7-16)8-9-20(21)18-10-15(3)11-19(12-18)22(4,5)23/h8-14,16,23H,6-7H2,1-5H3. The summed E-state index contributed by atoms with van der Waals surface area (Å²) in [5.41, 5.74) is 6.79. The number of benzene rings is 2. The highest BCUT2D eigenvalue weighted by atomic mass is 16.3. The first-order chi connectivity index (χ1) is 10.8. The number of aryl methyl sites for hydroxylation is 1. The van der Waals surface area contributed by atoms with Crippen LogP contribution in [0.3, 0.4) is 0 Å². The number of hydrogen-bond acceptors (Lipinski definition) is 1. The summed E-state index contributed by atoms with van der Waals surface area (Å²) in [4.78, 5) is 0. The predicted octanol–water partition coefficient (Wildman–Crippen LogP) is 5.89. The summed E-state index contributed by atoms with van der Waals surface area (Å²) in [6.45, 7) is 10.3. The molecule has 1 aliphatic carbocycles. The molecule has 1 saturated carbocycles. The fraction of sp³-hybridized carbons (Fsp3) is 0.455. The predicted molar refractivity (Wildman–Crippen MR) is 97.9 cm³/mol. The third kappa shape index (κ3) is 3.50. The second-order valence-corrected chi connectivity index (χ2v) is 7.92. The van der Waals surface area contributed by atoms with Crippen molar-refractivity contribution in [2.24, 2.45) is 0 Å². The van der Waals surface area contributed by atoms with Gasteiger partial charge in [0.1, 0.15) is 0 Å². The monoisotopic (exact) mass is 308 g/mol. The Kier molecular flexibility index (Phi) is 4.10. The van der Waals surface area contributed by atoms with E-state index in [1.807, 2.05) is 13.8 Å². The van der Waals surface area contributed by atoms with Gasteiger partial charge >= 0.3 is 0 Å². The average Bonchev–Trinajstić information content (AvgIpc) is 3.29. The van der Waals surface area contributed by atoms with Crippen molar-refractivity contribution in [1.82, 2.24) is 0 Å². The van der Waals surface area contributed by atoms with Crippen molar-refractivity contribution in [2.45, 2.75) is 64.9 Å². The van der Waals surface area contributed by atoms with Crippen molar-refractivity contribution >= 4 is 0 Å². The van der Waals surface area contributed by atoms with Crippen molar-refractivity contribution in [3.8, 4) is 11.1 Å². The van der Waals surface area contributed by atoms with Gasteiger partial charge in [0.2, 0.25) is 0 Å². The number of aliphatic hydroxyl groups is 1. The van der Waals surface area contributed by atoms with Gasteiger partial charge in [-0.1, -0.05) is 49.7 Å². The molecule has 2 aromatic carbocycles. The molecule has 0 radical (unpaired) electrons. The van der Waals surface area contributed by atoms with E-state index in [9.17, 15) is 5.11 Å². The highest BCUT2D eigenvalue weighted by Gasteiger charge is 2.25. The molecule has 2 aromatic rings.